The van der Waals surface area contributed by atoms with Crippen LogP contribution in [0.25, 0.3) is 0 Å². The van der Waals surface area contributed by atoms with Crippen LogP contribution in [0.15, 0.2) is 0 Å². The molecule has 0 saturated carbocycles. The van der Waals surface area contributed by atoms with Crippen molar-refractivity contribution in [1.82, 2.24) is 0 Å². The van der Waals surface area contributed by atoms with Gasteiger partial charge >= 0.3 is 0 Å². The van der Waals surface area contributed by atoms with Gasteiger partial charge in [0.25, 0.3) is 0 Å². The van der Waals surface area contributed by atoms with E-state index in [1.807, 2.05) is 20.1 Å². The smallest absolute Gasteiger partial charge is 0.0931 e. The van der Waals surface area contributed by atoms with Crippen LogP contribution in [-0.4, -0.2) is 17.8 Å². The van der Waals surface area contributed by atoms with Gasteiger partial charge in [-0.2, -0.15) is 5.26 Å². The van der Waals surface area contributed by atoms with Crippen molar-refractivity contribution in [3.8, 4) is 11.1 Å². The Balaban J connectivity index is 4.43. The molecule has 0 aromatic rings. The third-order valence-corrected chi connectivity index (χ3v) is 8.98. The fourth-order valence-electron chi connectivity index (χ4n) is 0.524. The second-order valence-corrected chi connectivity index (χ2v) is 9.65. The first-order valence-electron chi connectivity index (χ1n) is 3.23. The molecule has 0 aliphatic carbocycles. The van der Waals surface area contributed by atoms with E-state index in [1.165, 1.54) is 0 Å². The average Bonchev–Trinajstić information content (AvgIpc) is 2.01. The van der Waals surface area contributed by atoms with Gasteiger partial charge in [0, 0.05) is 0 Å². The summed E-state index contributed by atoms with van der Waals surface area (Å²) in [4.78, 5) is 0. The molecule has 0 aliphatic rings. The summed E-state index contributed by atoms with van der Waals surface area (Å²) < 4.78 is 0. The van der Waals surface area contributed by atoms with Gasteiger partial charge in [0.15, 0.2) is 0 Å². The fourth-order valence-corrected chi connectivity index (χ4v) is 4.33. The standard InChI is InChI=1S/C7H14NS2/c1-5-9(3)10(4,6-2)7-8/h3H,5-6H2,1-2,4H3/q-1. The van der Waals surface area contributed by atoms with Crippen molar-refractivity contribution < 1.29 is 0 Å². The van der Waals surface area contributed by atoms with Gasteiger partial charge in [-0.05, 0) is 12.0 Å². The van der Waals surface area contributed by atoms with E-state index in [0.717, 1.165) is 11.5 Å². The third-order valence-electron chi connectivity index (χ3n) is 1.50. The van der Waals surface area contributed by atoms with Gasteiger partial charge in [0.05, 0.1) is 5.40 Å². The monoisotopic (exact) mass is 176 g/mol. The summed E-state index contributed by atoms with van der Waals surface area (Å²) in [5, 5.41) is 11.2. The summed E-state index contributed by atoms with van der Waals surface area (Å²) >= 11 is 0. The molecule has 0 aromatic heterocycles. The zero-order valence-electron chi connectivity index (χ0n) is 6.76. The maximum Gasteiger partial charge on any atom is 0.0931 e. The lowest BCUT2D eigenvalue weighted by molar-refractivity contribution is 1.49. The van der Waals surface area contributed by atoms with Crippen LogP contribution < -0.4 is 0 Å². The van der Waals surface area contributed by atoms with E-state index >= 15 is 0 Å². The average molecular weight is 176 g/mol. The van der Waals surface area contributed by atoms with Crippen LogP contribution in [0, 0.1) is 16.4 Å². The van der Waals surface area contributed by atoms with Gasteiger partial charge in [-0.25, -0.2) is 9.06 Å². The largest absolute Gasteiger partial charge is 0.404 e. The fraction of sp³-hybridized carbons (Fsp3) is 0.714. The molecular weight excluding hydrogens is 162 g/mol. The van der Waals surface area contributed by atoms with Crippen LogP contribution >= 0.6 is 9.06 Å². The third kappa shape index (κ3) is 1.98. The molecule has 1 unspecified atom stereocenters. The van der Waals surface area contributed by atoms with E-state index in [9.17, 15) is 0 Å². The summed E-state index contributed by atoms with van der Waals surface area (Å²) in [5.41, 5.74) is 5.81. The van der Waals surface area contributed by atoms with Gasteiger partial charge in [0.1, 0.15) is 0 Å². The normalized spacial score (nSPS) is 19.4. The number of hydrogen-bond acceptors (Lipinski definition) is 2. The molecule has 1 nitrogen and oxygen atoms in total. The second-order valence-electron chi connectivity index (χ2n) is 2.05. The number of hydrogen-bond donors (Lipinski definition) is 0. The molecule has 0 radical (unpaired) electrons. The number of nitrogens with zero attached hydrogens (tertiary/aromatic N) is 1. The minimum Gasteiger partial charge on any atom is -0.404 e. The highest BCUT2D eigenvalue weighted by Gasteiger charge is 2.03. The maximum absolute atomic E-state index is 8.80. The van der Waals surface area contributed by atoms with E-state index in [0.29, 0.717) is 0 Å². The quantitative estimate of drug-likeness (QED) is 0.341. The Bertz CT molecular complexity index is 208. The molecule has 3 heteroatoms. The number of nitriles is 1. The summed E-state index contributed by atoms with van der Waals surface area (Å²) in [5.74, 6) is 1.87. The van der Waals surface area contributed by atoms with Gasteiger partial charge in [-0.15, -0.1) is 5.75 Å². The minimum absolute atomic E-state index is 0.158. The molecule has 0 saturated heterocycles. The Morgan fingerprint density at radius 3 is 2.20 bits per heavy atom. The molecule has 0 heterocycles. The lowest BCUT2D eigenvalue weighted by atomic mass is 11.0. The molecule has 0 spiro atoms. The summed E-state index contributed by atoms with van der Waals surface area (Å²) in [7, 11) is -1.29. The zero-order chi connectivity index (χ0) is 8.20. The first kappa shape index (κ1) is 9.97. The Morgan fingerprint density at radius 2 is 2.10 bits per heavy atom. The summed E-state index contributed by atoms with van der Waals surface area (Å²) in [6.07, 6.45) is 2.01. The predicted octanol–water partition coefficient (Wildman–Crippen LogP) is 2.06. The highest BCUT2D eigenvalue weighted by molar-refractivity contribution is 8.90. The van der Waals surface area contributed by atoms with Crippen molar-refractivity contribution in [3.63, 3.8) is 0 Å². The Morgan fingerprint density at radius 1 is 1.60 bits per heavy atom. The van der Waals surface area contributed by atoms with Crippen molar-refractivity contribution in [2.45, 2.75) is 13.8 Å². The van der Waals surface area contributed by atoms with E-state index < -0.39 is 9.06 Å². The van der Waals surface area contributed by atoms with E-state index in [-0.39, 0.29) is 9.33 Å². The van der Waals surface area contributed by atoms with Gasteiger partial charge in [0.2, 0.25) is 0 Å². The molecule has 0 N–H and O–H groups in total. The Kier molecular flexibility index (Phi) is 3.96. The van der Waals surface area contributed by atoms with Crippen molar-refractivity contribution in [3.05, 3.63) is 0 Å². The number of rotatable bonds is 1. The first-order valence-corrected chi connectivity index (χ1v) is 7.41. The maximum atomic E-state index is 8.80. The Labute approximate surface area is 66.7 Å². The second kappa shape index (κ2) is 3.98. The molecule has 0 aliphatic heterocycles. The predicted molar refractivity (Wildman–Crippen MR) is 52.5 cm³/mol. The molecule has 10 heavy (non-hydrogen) atoms. The van der Waals surface area contributed by atoms with Crippen LogP contribution in [-0.2, 0) is 9.33 Å². The van der Waals surface area contributed by atoms with Crippen molar-refractivity contribution in [2.75, 3.05) is 17.8 Å². The minimum atomic E-state index is -1.13. The molecule has 1 atom stereocenters. The molecular formula is C7H14NS2-. The van der Waals surface area contributed by atoms with Gasteiger partial charge in [-0.1, -0.05) is 13.8 Å². The lowest BCUT2D eigenvalue weighted by Crippen LogP contribution is -2.03. The van der Waals surface area contributed by atoms with E-state index in [1.54, 1.807) is 0 Å². The van der Waals surface area contributed by atoms with Crippen LogP contribution in [0.2, 0.25) is 0 Å². The van der Waals surface area contributed by atoms with E-state index in [2.05, 4.69) is 5.40 Å². The summed E-state index contributed by atoms with van der Waals surface area (Å²) in [6, 6.07) is 0. The zero-order valence-corrected chi connectivity index (χ0v) is 8.39. The van der Waals surface area contributed by atoms with Crippen LogP contribution in [0.5, 0.6) is 0 Å². The van der Waals surface area contributed by atoms with E-state index in [4.69, 9.17) is 10.9 Å². The van der Waals surface area contributed by atoms with Gasteiger partial charge < -0.3 is 15.0 Å². The number of thiocyanates is 1. The first-order chi connectivity index (χ1) is 4.60. The van der Waals surface area contributed by atoms with Crippen molar-refractivity contribution in [1.29, 1.82) is 5.26 Å². The molecule has 60 valence electrons. The van der Waals surface area contributed by atoms with Crippen LogP contribution in [0.1, 0.15) is 13.8 Å². The highest BCUT2D eigenvalue weighted by Crippen LogP contribution is 2.45. The molecule has 0 bridgehead atoms. The summed E-state index contributed by atoms with van der Waals surface area (Å²) in [6.45, 7) is 4.09. The molecule has 0 rings (SSSR count). The highest BCUT2D eigenvalue weighted by atomic mass is 33.2. The van der Waals surface area contributed by atoms with Crippen LogP contribution in [0.3, 0.4) is 0 Å². The van der Waals surface area contributed by atoms with Crippen molar-refractivity contribution in [2.24, 2.45) is 0 Å². The van der Waals surface area contributed by atoms with Gasteiger partial charge in [-0.3, -0.25) is 0 Å². The lowest BCUT2D eigenvalue weighted by Gasteiger charge is -2.39. The molecule has 0 fully saturated rings. The molecule has 0 amide bonds. The Hall–Kier alpha value is -0.0300. The van der Waals surface area contributed by atoms with Crippen LogP contribution in [0.4, 0.5) is 0 Å². The molecule has 0 aromatic carbocycles. The topological polar surface area (TPSA) is 23.8 Å². The SMILES string of the molecule is C#[S-](CC)S(C)(C#N)CC. The van der Waals surface area contributed by atoms with Crippen molar-refractivity contribution >= 4 is 18.4 Å².